The molecule has 0 saturated carbocycles. The Morgan fingerprint density at radius 3 is 2.50 bits per heavy atom. The predicted octanol–water partition coefficient (Wildman–Crippen LogP) is 2.27. The number of aliphatic hydroxyl groups excluding tert-OH is 1. The molecule has 1 amide bonds. The van der Waals surface area contributed by atoms with E-state index in [9.17, 15) is 9.90 Å². The first-order valence-corrected chi connectivity index (χ1v) is 8.17. The third-order valence-corrected chi connectivity index (χ3v) is 3.90. The van der Waals surface area contributed by atoms with Crippen molar-refractivity contribution in [3.63, 3.8) is 0 Å². The van der Waals surface area contributed by atoms with Gasteiger partial charge in [-0.05, 0) is 29.8 Å². The van der Waals surface area contributed by atoms with Crippen molar-refractivity contribution in [2.24, 2.45) is 0 Å². The monoisotopic (exact) mass is 352 g/mol. The molecule has 2 aromatic carbocycles. The van der Waals surface area contributed by atoms with Crippen LogP contribution < -0.4 is 10.2 Å². The quantitative estimate of drug-likeness (QED) is 0.707. The number of aromatic nitrogens is 2. The molecule has 26 heavy (non-hydrogen) atoms. The minimum Gasteiger partial charge on any atom is -0.387 e. The van der Waals surface area contributed by atoms with E-state index < -0.39 is 12.0 Å². The van der Waals surface area contributed by atoms with Crippen molar-refractivity contribution in [2.75, 3.05) is 25.5 Å². The molecule has 0 spiro atoms. The first kappa shape index (κ1) is 17.6. The summed E-state index contributed by atoms with van der Waals surface area (Å²) in [5.41, 5.74) is 2.52. The van der Waals surface area contributed by atoms with E-state index in [-0.39, 0.29) is 12.4 Å². The van der Waals surface area contributed by atoms with E-state index in [4.69, 9.17) is 4.52 Å². The highest BCUT2D eigenvalue weighted by Crippen LogP contribution is 2.20. The molecule has 0 aliphatic carbocycles. The molecular formula is C19H20N4O3. The summed E-state index contributed by atoms with van der Waals surface area (Å²) in [6, 6.07) is 16.7. The lowest BCUT2D eigenvalue weighted by molar-refractivity contribution is 0.0873. The van der Waals surface area contributed by atoms with Crippen LogP contribution in [0.1, 0.15) is 22.4 Å². The number of aliphatic hydroxyl groups is 1. The van der Waals surface area contributed by atoms with Crippen molar-refractivity contribution in [1.82, 2.24) is 15.5 Å². The number of nitrogens with one attached hydrogen (secondary N) is 1. The van der Waals surface area contributed by atoms with E-state index in [1.807, 2.05) is 61.5 Å². The minimum atomic E-state index is -0.805. The molecule has 1 aromatic heterocycles. The minimum absolute atomic E-state index is 0.0537. The SMILES string of the molecule is CN(C)c1ccc(-c2noc(C(=O)NC[C@@H](O)c3ccccc3)n2)cc1. The van der Waals surface area contributed by atoms with Crippen LogP contribution in [-0.4, -0.2) is 41.8 Å². The molecule has 3 aromatic rings. The number of nitrogens with zero attached hydrogens (tertiary/aromatic N) is 3. The van der Waals surface area contributed by atoms with E-state index in [1.54, 1.807) is 12.1 Å². The highest BCUT2D eigenvalue weighted by atomic mass is 16.5. The Labute approximate surface area is 151 Å². The maximum atomic E-state index is 12.1. The van der Waals surface area contributed by atoms with Crippen molar-refractivity contribution in [3.05, 3.63) is 66.1 Å². The first-order chi connectivity index (χ1) is 12.5. The number of benzene rings is 2. The van der Waals surface area contributed by atoms with E-state index in [2.05, 4.69) is 15.5 Å². The Hall–Kier alpha value is -3.19. The zero-order chi connectivity index (χ0) is 18.5. The van der Waals surface area contributed by atoms with Crippen LogP contribution in [-0.2, 0) is 0 Å². The smallest absolute Gasteiger partial charge is 0.316 e. The average Bonchev–Trinajstić information content (AvgIpc) is 3.17. The molecule has 1 heterocycles. The lowest BCUT2D eigenvalue weighted by Crippen LogP contribution is -2.28. The van der Waals surface area contributed by atoms with Gasteiger partial charge >= 0.3 is 11.8 Å². The van der Waals surface area contributed by atoms with E-state index in [0.717, 1.165) is 16.8 Å². The van der Waals surface area contributed by atoms with Gasteiger partial charge in [-0.15, -0.1) is 0 Å². The maximum absolute atomic E-state index is 12.1. The standard InChI is InChI=1S/C19H20N4O3/c1-23(2)15-10-8-14(9-11-15)17-21-19(26-22-17)18(25)20-12-16(24)13-6-4-3-5-7-13/h3-11,16,24H,12H2,1-2H3,(H,20,25)/t16-/m1/s1. The number of hydrogen-bond donors (Lipinski definition) is 2. The van der Waals surface area contributed by atoms with Crippen LogP contribution in [0.2, 0.25) is 0 Å². The number of hydrogen-bond acceptors (Lipinski definition) is 6. The van der Waals surface area contributed by atoms with Gasteiger partial charge in [-0.2, -0.15) is 4.98 Å². The first-order valence-electron chi connectivity index (χ1n) is 8.17. The molecule has 7 heteroatoms. The molecule has 0 radical (unpaired) electrons. The summed E-state index contributed by atoms with van der Waals surface area (Å²) >= 11 is 0. The molecule has 0 aliphatic rings. The zero-order valence-electron chi connectivity index (χ0n) is 14.6. The molecule has 1 atom stereocenters. The third-order valence-electron chi connectivity index (χ3n) is 3.90. The van der Waals surface area contributed by atoms with Gasteiger partial charge < -0.3 is 19.8 Å². The molecule has 0 bridgehead atoms. The van der Waals surface area contributed by atoms with Crippen LogP contribution in [0.5, 0.6) is 0 Å². The second-order valence-corrected chi connectivity index (χ2v) is 6.00. The van der Waals surface area contributed by atoms with Crippen molar-refractivity contribution in [2.45, 2.75) is 6.10 Å². The van der Waals surface area contributed by atoms with E-state index in [0.29, 0.717) is 5.82 Å². The van der Waals surface area contributed by atoms with Gasteiger partial charge in [0.2, 0.25) is 5.82 Å². The molecule has 0 saturated heterocycles. The summed E-state index contributed by atoms with van der Waals surface area (Å²) in [4.78, 5) is 18.2. The summed E-state index contributed by atoms with van der Waals surface area (Å²) in [6.45, 7) is 0.0537. The highest BCUT2D eigenvalue weighted by molar-refractivity contribution is 5.89. The fourth-order valence-corrected chi connectivity index (χ4v) is 2.40. The Balaban J connectivity index is 1.62. The maximum Gasteiger partial charge on any atom is 0.316 e. The largest absolute Gasteiger partial charge is 0.387 e. The van der Waals surface area contributed by atoms with E-state index >= 15 is 0 Å². The van der Waals surface area contributed by atoms with Gasteiger partial charge in [0.25, 0.3) is 0 Å². The lowest BCUT2D eigenvalue weighted by atomic mass is 10.1. The van der Waals surface area contributed by atoms with Gasteiger partial charge in [0.1, 0.15) is 0 Å². The van der Waals surface area contributed by atoms with Gasteiger partial charge in [-0.25, -0.2) is 0 Å². The Kier molecular flexibility index (Phi) is 5.28. The highest BCUT2D eigenvalue weighted by Gasteiger charge is 2.17. The number of rotatable bonds is 6. The lowest BCUT2D eigenvalue weighted by Gasteiger charge is -2.11. The van der Waals surface area contributed by atoms with Crippen molar-refractivity contribution >= 4 is 11.6 Å². The summed E-state index contributed by atoms with van der Waals surface area (Å²) < 4.78 is 5.03. The zero-order valence-corrected chi connectivity index (χ0v) is 14.6. The van der Waals surface area contributed by atoms with Crippen LogP contribution in [0.4, 0.5) is 5.69 Å². The van der Waals surface area contributed by atoms with Gasteiger partial charge in [-0.3, -0.25) is 4.79 Å². The summed E-state index contributed by atoms with van der Waals surface area (Å²) in [5.74, 6) is -0.329. The molecule has 0 unspecified atom stereocenters. The van der Waals surface area contributed by atoms with Crippen LogP contribution in [0.3, 0.4) is 0 Å². The van der Waals surface area contributed by atoms with Gasteiger partial charge in [0.05, 0.1) is 6.10 Å². The topological polar surface area (TPSA) is 91.5 Å². The van der Waals surface area contributed by atoms with Gasteiger partial charge in [0.15, 0.2) is 0 Å². The second kappa shape index (κ2) is 7.79. The normalized spacial score (nSPS) is 11.8. The molecule has 7 nitrogen and oxygen atoms in total. The number of carbonyl (C=O) groups is 1. The Bertz CT molecular complexity index is 860. The number of anilines is 1. The molecule has 3 rings (SSSR count). The number of carbonyl (C=O) groups excluding carboxylic acids is 1. The van der Waals surface area contributed by atoms with E-state index in [1.165, 1.54) is 0 Å². The fourth-order valence-electron chi connectivity index (χ4n) is 2.40. The molecule has 134 valence electrons. The van der Waals surface area contributed by atoms with Crippen molar-refractivity contribution in [3.8, 4) is 11.4 Å². The van der Waals surface area contributed by atoms with Crippen molar-refractivity contribution < 1.29 is 14.4 Å². The summed E-state index contributed by atoms with van der Waals surface area (Å²) in [5, 5.41) is 16.5. The second-order valence-electron chi connectivity index (χ2n) is 6.00. The number of amides is 1. The average molecular weight is 352 g/mol. The molecule has 0 aliphatic heterocycles. The molecule has 2 N–H and O–H groups in total. The van der Waals surface area contributed by atoms with Gasteiger partial charge in [-0.1, -0.05) is 35.5 Å². The van der Waals surface area contributed by atoms with Gasteiger partial charge in [0, 0.05) is 31.9 Å². The van der Waals surface area contributed by atoms with Crippen LogP contribution in [0.25, 0.3) is 11.4 Å². The molecule has 0 fully saturated rings. The summed E-state index contributed by atoms with van der Waals surface area (Å²) in [6.07, 6.45) is -0.805. The Morgan fingerprint density at radius 1 is 1.15 bits per heavy atom. The fraction of sp³-hybridized carbons (Fsp3) is 0.211. The van der Waals surface area contributed by atoms with Crippen LogP contribution in [0, 0.1) is 0 Å². The Morgan fingerprint density at radius 2 is 1.85 bits per heavy atom. The predicted molar refractivity (Wildman–Crippen MR) is 97.8 cm³/mol. The summed E-state index contributed by atoms with van der Waals surface area (Å²) in [7, 11) is 3.91. The van der Waals surface area contributed by atoms with Crippen LogP contribution >= 0.6 is 0 Å². The third kappa shape index (κ3) is 4.07. The van der Waals surface area contributed by atoms with Crippen LogP contribution in [0.15, 0.2) is 59.1 Å². The molecular weight excluding hydrogens is 332 g/mol. The van der Waals surface area contributed by atoms with Crippen molar-refractivity contribution in [1.29, 1.82) is 0 Å².